The lowest BCUT2D eigenvalue weighted by molar-refractivity contribution is -0.928. The number of rotatable bonds is 4. The van der Waals surface area contributed by atoms with Gasteiger partial charge in [-0.25, -0.2) is 4.68 Å². The molecule has 0 spiro atoms. The van der Waals surface area contributed by atoms with Crippen LogP contribution in [0.15, 0.2) is 0 Å². The zero-order chi connectivity index (χ0) is 18.7. The van der Waals surface area contributed by atoms with Crippen LogP contribution in [-0.4, -0.2) is 51.7 Å². The normalized spacial score (nSPS) is 24.3. The average Bonchev–Trinajstić information content (AvgIpc) is 2.81. The van der Waals surface area contributed by atoms with Gasteiger partial charge in [0.25, 0.3) is 0 Å². The molecule has 0 atom stereocenters. The molecule has 0 radical (unpaired) electrons. The predicted molar refractivity (Wildman–Crippen MR) is 96.8 cm³/mol. The molecule has 1 aromatic rings. The molecule has 26 heavy (non-hydrogen) atoms. The van der Waals surface area contributed by atoms with E-state index in [0.717, 1.165) is 51.9 Å². The molecule has 2 saturated heterocycles. The molecule has 1 aromatic heterocycles. The van der Waals surface area contributed by atoms with Gasteiger partial charge in [0, 0.05) is 31.8 Å². The van der Waals surface area contributed by atoms with Gasteiger partial charge in [-0.2, -0.15) is 5.10 Å². The lowest BCUT2D eigenvalue weighted by atomic mass is 9.95. The fourth-order valence-corrected chi connectivity index (χ4v) is 4.30. The van der Waals surface area contributed by atoms with E-state index < -0.39 is 0 Å². The van der Waals surface area contributed by atoms with Crippen molar-refractivity contribution in [1.82, 2.24) is 14.7 Å². The number of aryl methyl sites for hydroxylation is 1. The van der Waals surface area contributed by atoms with Crippen molar-refractivity contribution in [1.29, 1.82) is 0 Å². The van der Waals surface area contributed by atoms with Crippen LogP contribution in [0.1, 0.15) is 49.9 Å². The Labute approximate surface area is 154 Å². The standard InChI is InChI=1S/C18H29N5O3/c1-14-17(23(25)26)15(2)22(19-14)13-20-11-7-16(8-12-20)18(24)21-9-5-3-4-6-10-21/h16H,3-13H2,1-2H3/p+1. The van der Waals surface area contributed by atoms with Crippen LogP contribution in [0, 0.1) is 29.9 Å². The third kappa shape index (κ3) is 4.06. The van der Waals surface area contributed by atoms with Gasteiger partial charge in [0.15, 0.2) is 6.67 Å². The SMILES string of the molecule is Cc1nn(C[NH+]2CCC(C(=O)N3CCCCCC3)CC2)c(C)c1[N+](=O)[O-]. The van der Waals surface area contributed by atoms with Crippen molar-refractivity contribution in [3.8, 4) is 0 Å². The molecule has 0 aliphatic carbocycles. The minimum Gasteiger partial charge on any atom is -0.342 e. The van der Waals surface area contributed by atoms with Gasteiger partial charge >= 0.3 is 5.69 Å². The number of amides is 1. The number of carbonyl (C=O) groups is 1. The average molecular weight is 364 g/mol. The first-order valence-electron chi connectivity index (χ1n) is 9.78. The number of nitro groups is 1. The third-order valence-electron chi connectivity index (χ3n) is 5.86. The highest BCUT2D eigenvalue weighted by atomic mass is 16.6. The Hall–Kier alpha value is -1.96. The van der Waals surface area contributed by atoms with Crippen molar-refractivity contribution in [3.63, 3.8) is 0 Å². The lowest BCUT2D eigenvalue weighted by Gasteiger charge is -2.32. The van der Waals surface area contributed by atoms with Gasteiger partial charge in [0.1, 0.15) is 11.4 Å². The molecule has 0 bridgehead atoms. The number of nitrogens with one attached hydrogen (secondary N) is 1. The quantitative estimate of drug-likeness (QED) is 0.639. The number of carbonyl (C=O) groups excluding carboxylic acids is 1. The highest BCUT2D eigenvalue weighted by Crippen LogP contribution is 2.21. The van der Waals surface area contributed by atoms with Crippen LogP contribution in [0.4, 0.5) is 5.69 Å². The molecule has 3 heterocycles. The zero-order valence-corrected chi connectivity index (χ0v) is 15.9. The number of nitrogens with zero attached hydrogens (tertiary/aromatic N) is 4. The van der Waals surface area contributed by atoms with Gasteiger partial charge in [-0.3, -0.25) is 14.9 Å². The summed E-state index contributed by atoms with van der Waals surface area (Å²) in [6.07, 6.45) is 6.53. The number of hydrogen-bond donors (Lipinski definition) is 1. The third-order valence-corrected chi connectivity index (χ3v) is 5.86. The molecule has 1 N–H and O–H groups in total. The van der Waals surface area contributed by atoms with Crippen molar-refractivity contribution < 1.29 is 14.6 Å². The second-order valence-electron chi connectivity index (χ2n) is 7.70. The van der Waals surface area contributed by atoms with Crippen LogP contribution in [0.25, 0.3) is 0 Å². The van der Waals surface area contributed by atoms with E-state index in [1.54, 1.807) is 18.5 Å². The molecule has 0 unspecified atom stereocenters. The topological polar surface area (TPSA) is 85.7 Å². The van der Waals surface area contributed by atoms with E-state index in [0.29, 0.717) is 24.0 Å². The Morgan fingerprint density at radius 1 is 1.19 bits per heavy atom. The number of quaternary nitrogens is 1. The molecule has 0 aromatic carbocycles. The van der Waals surface area contributed by atoms with E-state index in [1.165, 1.54) is 17.7 Å². The van der Waals surface area contributed by atoms with E-state index in [4.69, 9.17) is 0 Å². The van der Waals surface area contributed by atoms with Gasteiger partial charge in [-0.05, 0) is 26.7 Å². The molecule has 2 aliphatic rings. The summed E-state index contributed by atoms with van der Waals surface area (Å²) < 4.78 is 1.75. The molecule has 1 amide bonds. The van der Waals surface area contributed by atoms with Gasteiger partial charge < -0.3 is 9.80 Å². The maximum Gasteiger partial charge on any atom is 0.312 e. The molecular formula is C18H30N5O3+. The van der Waals surface area contributed by atoms with E-state index in [-0.39, 0.29) is 16.5 Å². The highest BCUT2D eigenvalue weighted by molar-refractivity contribution is 5.78. The minimum atomic E-state index is -0.352. The van der Waals surface area contributed by atoms with E-state index in [1.807, 2.05) is 0 Å². The molecule has 144 valence electrons. The van der Waals surface area contributed by atoms with Crippen molar-refractivity contribution in [2.75, 3.05) is 26.2 Å². The van der Waals surface area contributed by atoms with Crippen molar-refractivity contribution in [3.05, 3.63) is 21.5 Å². The fourth-order valence-electron chi connectivity index (χ4n) is 4.30. The second kappa shape index (κ2) is 8.16. The largest absolute Gasteiger partial charge is 0.342 e. The Morgan fingerprint density at radius 2 is 1.81 bits per heavy atom. The van der Waals surface area contributed by atoms with Crippen LogP contribution >= 0.6 is 0 Å². The summed E-state index contributed by atoms with van der Waals surface area (Å²) in [5.74, 6) is 0.486. The molecule has 8 nitrogen and oxygen atoms in total. The Morgan fingerprint density at radius 3 is 2.35 bits per heavy atom. The zero-order valence-electron chi connectivity index (χ0n) is 15.9. The summed E-state index contributed by atoms with van der Waals surface area (Å²) in [6.45, 7) is 7.73. The predicted octanol–water partition coefficient (Wildman–Crippen LogP) is 1.06. The first-order chi connectivity index (χ1) is 12.5. The first kappa shape index (κ1) is 18.8. The van der Waals surface area contributed by atoms with Crippen LogP contribution in [0.5, 0.6) is 0 Å². The Bertz CT molecular complexity index is 656. The van der Waals surface area contributed by atoms with Crippen molar-refractivity contribution in [2.45, 2.75) is 59.0 Å². The van der Waals surface area contributed by atoms with Crippen LogP contribution < -0.4 is 4.90 Å². The maximum absolute atomic E-state index is 12.8. The first-order valence-corrected chi connectivity index (χ1v) is 9.78. The molecule has 2 fully saturated rings. The van der Waals surface area contributed by atoms with Gasteiger partial charge in [0.2, 0.25) is 5.91 Å². The van der Waals surface area contributed by atoms with Gasteiger partial charge in [0.05, 0.1) is 18.0 Å². The van der Waals surface area contributed by atoms with Gasteiger partial charge in [-0.1, -0.05) is 12.8 Å². The molecule has 3 rings (SSSR count). The summed E-state index contributed by atoms with van der Waals surface area (Å²) in [7, 11) is 0. The highest BCUT2D eigenvalue weighted by Gasteiger charge is 2.32. The summed E-state index contributed by atoms with van der Waals surface area (Å²) in [5, 5.41) is 15.5. The Kier molecular flexibility index (Phi) is 5.90. The van der Waals surface area contributed by atoms with Crippen molar-refractivity contribution >= 4 is 11.6 Å². The van der Waals surface area contributed by atoms with E-state index >= 15 is 0 Å². The lowest BCUT2D eigenvalue weighted by Crippen LogP contribution is -3.12. The Balaban J connectivity index is 1.55. The van der Waals surface area contributed by atoms with E-state index in [9.17, 15) is 14.9 Å². The molecule has 8 heteroatoms. The summed E-state index contributed by atoms with van der Waals surface area (Å²) in [6, 6.07) is 0. The van der Waals surface area contributed by atoms with Crippen LogP contribution in [0.2, 0.25) is 0 Å². The van der Waals surface area contributed by atoms with E-state index in [2.05, 4.69) is 10.00 Å². The number of likely N-dealkylation sites (tertiary alicyclic amines) is 2. The molecule has 2 aliphatic heterocycles. The number of piperidine rings is 1. The smallest absolute Gasteiger partial charge is 0.312 e. The van der Waals surface area contributed by atoms with Crippen molar-refractivity contribution in [2.24, 2.45) is 5.92 Å². The number of aromatic nitrogens is 2. The second-order valence-corrected chi connectivity index (χ2v) is 7.70. The fraction of sp³-hybridized carbons (Fsp3) is 0.778. The molecular weight excluding hydrogens is 334 g/mol. The summed E-state index contributed by atoms with van der Waals surface area (Å²) in [4.78, 5) is 27.0. The number of hydrogen-bond acceptors (Lipinski definition) is 4. The maximum atomic E-state index is 12.8. The monoisotopic (exact) mass is 364 g/mol. The minimum absolute atomic E-state index is 0.121. The molecule has 0 saturated carbocycles. The van der Waals surface area contributed by atoms with Crippen LogP contribution in [-0.2, 0) is 11.5 Å². The van der Waals surface area contributed by atoms with Gasteiger partial charge in [-0.15, -0.1) is 0 Å². The summed E-state index contributed by atoms with van der Waals surface area (Å²) >= 11 is 0. The summed E-state index contributed by atoms with van der Waals surface area (Å²) in [5.41, 5.74) is 1.21. The van der Waals surface area contributed by atoms with Crippen LogP contribution in [0.3, 0.4) is 0 Å².